The van der Waals surface area contributed by atoms with Gasteiger partial charge in [-0.1, -0.05) is 57.2 Å². The summed E-state index contributed by atoms with van der Waals surface area (Å²) < 4.78 is 0. The lowest BCUT2D eigenvalue weighted by atomic mass is 9.98. The van der Waals surface area contributed by atoms with E-state index in [2.05, 4.69) is 52.1 Å². The van der Waals surface area contributed by atoms with Gasteiger partial charge in [0.25, 0.3) is 0 Å². The zero-order valence-electron chi connectivity index (χ0n) is 10.7. The molecule has 1 aromatic carbocycles. The quantitative estimate of drug-likeness (QED) is 0.674. The summed E-state index contributed by atoms with van der Waals surface area (Å²) in [7, 11) is 0. The molecule has 0 amide bonds. The van der Waals surface area contributed by atoms with E-state index in [9.17, 15) is 0 Å². The number of hydrogen-bond acceptors (Lipinski definition) is 0. The molecule has 0 atom stereocenters. The highest BCUT2D eigenvalue weighted by molar-refractivity contribution is 5.47. The molecule has 0 unspecified atom stereocenters. The molecule has 0 heteroatoms. The summed E-state index contributed by atoms with van der Waals surface area (Å²) >= 11 is 0. The highest BCUT2D eigenvalue weighted by Gasteiger charge is 2.00. The van der Waals surface area contributed by atoms with Gasteiger partial charge in [0.2, 0.25) is 0 Å². The van der Waals surface area contributed by atoms with Crippen LogP contribution in [0.15, 0.2) is 30.9 Å². The van der Waals surface area contributed by atoms with Crippen molar-refractivity contribution in [3.8, 4) is 0 Å². The molecule has 0 saturated carbocycles. The highest BCUT2D eigenvalue weighted by Crippen LogP contribution is 2.11. The monoisotopic (exact) mass is 214 g/mol. The van der Waals surface area contributed by atoms with Gasteiger partial charge in [0, 0.05) is 0 Å². The number of allylic oxidation sites excluding steroid dienone is 1. The maximum Gasteiger partial charge on any atom is -0.0132 e. The van der Waals surface area contributed by atoms with Crippen LogP contribution < -0.4 is 10.4 Å². The van der Waals surface area contributed by atoms with E-state index in [1.807, 2.05) is 6.08 Å². The van der Waals surface area contributed by atoms with Crippen molar-refractivity contribution in [2.24, 2.45) is 0 Å². The van der Waals surface area contributed by atoms with Gasteiger partial charge in [0.05, 0.1) is 0 Å². The van der Waals surface area contributed by atoms with Crippen LogP contribution in [0.2, 0.25) is 0 Å². The van der Waals surface area contributed by atoms with Crippen LogP contribution in [0.5, 0.6) is 0 Å². The van der Waals surface area contributed by atoms with E-state index in [4.69, 9.17) is 0 Å². The summed E-state index contributed by atoms with van der Waals surface area (Å²) in [4.78, 5) is 0. The van der Waals surface area contributed by atoms with Crippen molar-refractivity contribution in [2.75, 3.05) is 0 Å². The lowest BCUT2D eigenvalue weighted by Crippen LogP contribution is -2.26. The van der Waals surface area contributed by atoms with Crippen LogP contribution in [0.3, 0.4) is 0 Å². The molecule has 0 N–H and O–H groups in total. The molecular formula is C16H22. The molecule has 0 saturated heterocycles. The summed E-state index contributed by atoms with van der Waals surface area (Å²) in [6, 6.07) is 6.59. The molecule has 1 rings (SSSR count). The molecule has 1 aromatic rings. The standard InChI is InChI=1S/C16H22/c1-6-8-14(7-2)16-11-15(12(3)4)10-9-13(16)5/h6,9-12H,1,5,7-8H2,2-4H3. The molecule has 0 spiro atoms. The summed E-state index contributed by atoms with van der Waals surface area (Å²) in [6.45, 7) is 14.6. The maximum atomic E-state index is 4.12. The Kier molecular flexibility index (Phi) is 4.54. The molecular weight excluding hydrogens is 192 g/mol. The molecule has 0 aliphatic rings. The minimum atomic E-state index is 0.571. The van der Waals surface area contributed by atoms with Gasteiger partial charge in [-0.2, -0.15) is 0 Å². The van der Waals surface area contributed by atoms with Gasteiger partial charge in [0.1, 0.15) is 0 Å². The first kappa shape index (κ1) is 12.8. The maximum absolute atomic E-state index is 4.12. The first-order valence-corrected chi connectivity index (χ1v) is 6.02. The van der Waals surface area contributed by atoms with Crippen LogP contribution in [0.1, 0.15) is 45.1 Å². The van der Waals surface area contributed by atoms with Crippen molar-refractivity contribution in [1.29, 1.82) is 0 Å². The Hall–Kier alpha value is -1.30. The first-order valence-electron chi connectivity index (χ1n) is 6.02. The van der Waals surface area contributed by atoms with Gasteiger partial charge in [0.15, 0.2) is 0 Å². The molecule has 0 fully saturated rings. The zero-order chi connectivity index (χ0) is 12.1. The number of rotatable bonds is 4. The van der Waals surface area contributed by atoms with Gasteiger partial charge in [-0.15, -0.1) is 6.58 Å². The van der Waals surface area contributed by atoms with Gasteiger partial charge in [-0.25, -0.2) is 0 Å². The summed E-state index contributed by atoms with van der Waals surface area (Å²) in [6.07, 6.45) is 4.00. The summed E-state index contributed by atoms with van der Waals surface area (Å²) in [5, 5.41) is 2.44. The van der Waals surface area contributed by atoms with Crippen molar-refractivity contribution < 1.29 is 0 Å². The first-order chi connectivity index (χ1) is 7.60. The second kappa shape index (κ2) is 5.69. The Morgan fingerprint density at radius 1 is 1.38 bits per heavy atom. The van der Waals surface area contributed by atoms with E-state index in [-0.39, 0.29) is 0 Å². The lowest BCUT2D eigenvalue weighted by Gasteiger charge is -2.07. The summed E-state index contributed by atoms with van der Waals surface area (Å²) in [5.41, 5.74) is 2.82. The largest absolute Gasteiger partial charge is 0.103 e. The van der Waals surface area contributed by atoms with Crippen molar-refractivity contribution in [3.63, 3.8) is 0 Å². The van der Waals surface area contributed by atoms with E-state index >= 15 is 0 Å². The van der Waals surface area contributed by atoms with Crippen molar-refractivity contribution in [2.45, 2.75) is 39.5 Å². The SMILES string of the molecule is C=CCC(CC)=c1cc(C(C)C)ccc1=C. The summed E-state index contributed by atoms with van der Waals surface area (Å²) in [5.74, 6) is 0.571. The Morgan fingerprint density at radius 2 is 2.06 bits per heavy atom. The average molecular weight is 214 g/mol. The molecule has 0 radical (unpaired) electrons. The minimum absolute atomic E-state index is 0.571. The number of benzene rings is 1. The number of hydrogen-bond donors (Lipinski definition) is 0. The van der Waals surface area contributed by atoms with Crippen LogP contribution >= 0.6 is 0 Å². The average Bonchev–Trinajstić information content (AvgIpc) is 2.26. The Bertz CT molecular complexity index is 463. The van der Waals surface area contributed by atoms with E-state index in [0.29, 0.717) is 5.92 Å². The fourth-order valence-electron chi connectivity index (χ4n) is 1.90. The molecule has 0 heterocycles. The second-order valence-electron chi connectivity index (χ2n) is 4.52. The normalized spacial score (nSPS) is 12.8. The van der Waals surface area contributed by atoms with Crippen molar-refractivity contribution >= 4 is 12.2 Å². The van der Waals surface area contributed by atoms with Crippen LogP contribution in [-0.4, -0.2) is 0 Å². The van der Waals surface area contributed by atoms with Gasteiger partial charge in [-0.3, -0.25) is 0 Å². The Balaban J connectivity index is 3.45. The zero-order valence-corrected chi connectivity index (χ0v) is 10.7. The molecule has 86 valence electrons. The minimum Gasteiger partial charge on any atom is -0.103 e. The molecule has 0 aliphatic heterocycles. The van der Waals surface area contributed by atoms with E-state index in [1.165, 1.54) is 16.4 Å². The topological polar surface area (TPSA) is 0 Å². The Morgan fingerprint density at radius 3 is 2.56 bits per heavy atom. The van der Waals surface area contributed by atoms with E-state index < -0.39 is 0 Å². The van der Waals surface area contributed by atoms with Crippen LogP contribution in [0, 0.1) is 0 Å². The lowest BCUT2D eigenvalue weighted by molar-refractivity contribution is 0.864. The van der Waals surface area contributed by atoms with E-state index in [1.54, 1.807) is 0 Å². The molecule has 16 heavy (non-hydrogen) atoms. The van der Waals surface area contributed by atoms with Crippen molar-refractivity contribution in [1.82, 2.24) is 0 Å². The van der Waals surface area contributed by atoms with E-state index in [0.717, 1.165) is 18.1 Å². The van der Waals surface area contributed by atoms with Gasteiger partial charge in [-0.05, 0) is 34.8 Å². The predicted octanol–water partition coefficient (Wildman–Crippen LogP) is 3.36. The Labute approximate surface area is 99.0 Å². The molecule has 0 nitrogen and oxygen atoms in total. The molecule has 0 aliphatic carbocycles. The third kappa shape index (κ3) is 2.85. The fraction of sp³-hybridized carbons (Fsp3) is 0.375. The van der Waals surface area contributed by atoms with Crippen LogP contribution in [-0.2, 0) is 0 Å². The van der Waals surface area contributed by atoms with Crippen molar-refractivity contribution in [3.05, 3.63) is 46.9 Å². The molecule has 0 bridgehead atoms. The second-order valence-corrected chi connectivity index (χ2v) is 4.52. The molecule has 0 aromatic heterocycles. The van der Waals surface area contributed by atoms with Crippen LogP contribution in [0.4, 0.5) is 0 Å². The van der Waals surface area contributed by atoms with Gasteiger partial charge < -0.3 is 0 Å². The highest BCUT2D eigenvalue weighted by atomic mass is 14.1. The van der Waals surface area contributed by atoms with Gasteiger partial charge >= 0.3 is 0 Å². The fourth-order valence-corrected chi connectivity index (χ4v) is 1.90. The predicted molar refractivity (Wildman–Crippen MR) is 73.8 cm³/mol. The van der Waals surface area contributed by atoms with Crippen LogP contribution in [0.25, 0.3) is 12.2 Å². The third-order valence-corrected chi connectivity index (χ3v) is 3.00. The smallest absolute Gasteiger partial charge is 0.0132 e. The third-order valence-electron chi connectivity index (χ3n) is 3.00.